The number of nitro benzene ring substituents is 1. The number of rotatable bonds is 4. The summed E-state index contributed by atoms with van der Waals surface area (Å²) >= 11 is 0. The first kappa shape index (κ1) is 14.2. The van der Waals surface area contributed by atoms with Crippen LogP contribution in [0.2, 0.25) is 0 Å². The minimum atomic E-state index is -0.357. The molecule has 0 spiro atoms. The Labute approximate surface area is 106 Å². The van der Waals surface area contributed by atoms with Crippen LogP contribution in [0.3, 0.4) is 0 Å². The number of non-ortho nitro benzene ring substituents is 1. The number of nitrogens with zero attached hydrogens (tertiary/aromatic N) is 1. The minimum Gasteiger partial charge on any atom is -0.468 e. The SMILES string of the molecule is CCOC=O.O=[N+]([O-])c1ccc(C2CCC2)cc1. The molecule has 0 aliphatic heterocycles. The molecular formula is C13H17NO4. The van der Waals surface area contributed by atoms with Crippen LogP contribution < -0.4 is 0 Å². The van der Waals surface area contributed by atoms with Gasteiger partial charge >= 0.3 is 0 Å². The van der Waals surface area contributed by atoms with Crippen molar-refractivity contribution in [3.63, 3.8) is 0 Å². The molecule has 5 nitrogen and oxygen atoms in total. The van der Waals surface area contributed by atoms with Crippen molar-refractivity contribution >= 4 is 12.2 Å². The van der Waals surface area contributed by atoms with Crippen molar-refractivity contribution in [2.75, 3.05) is 6.61 Å². The van der Waals surface area contributed by atoms with E-state index in [1.807, 2.05) is 12.1 Å². The molecule has 1 aliphatic rings. The van der Waals surface area contributed by atoms with Crippen LogP contribution >= 0.6 is 0 Å². The fourth-order valence-corrected chi connectivity index (χ4v) is 1.68. The van der Waals surface area contributed by atoms with E-state index in [1.165, 1.54) is 24.8 Å². The highest BCUT2D eigenvalue weighted by molar-refractivity contribution is 5.36. The Morgan fingerprint density at radius 2 is 2.00 bits per heavy atom. The summed E-state index contributed by atoms with van der Waals surface area (Å²) in [5.41, 5.74) is 1.43. The number of carbonyl (C=O) groups is 1. The van der Waals surface area contributed by atoms with Gasteiger partial charge in [0.1, 0.15) is 0 Å². The maximum absolute atomic E-state index is 10.4. The Hall–Kier alpha value is -1.91. The van der Waals surface area contributed by atoms with Crippen LogP contribution in [0.15, 0.2) is 24.3 Å². The van der Waals surface area contributed by atoms with Crippen LogP contribution in [0.4, 0.5) is 5.69 Å². The van der Waals surface area contributed by atoms with Crippen LogP contribution in [0, 0.1) is 10.1 Å². The van der Waals surface area contributed by atoms with E-state index in [1.54, 1.807) is 19.1 Å². The Morgan fingerprint density at radius 3 is 2.28 bits per heavy atom. The fraction of sp³-hybridized carbons (Fsp3) is 0.462. The molecule has 0 aromatic heterocycles. The second-order valence-electron chi connectivity index (χ2n) is 4.03. The zero-order valence-electron chi connectivity index (χ0n) is 10.4. The Kier molecular flexibility index (Phi) is 5.84. The Morgan fingerprint density at radius 1 is 1.39 bits per heavy atom. The van der Waals surface area contributed by atoms with Crippen molar-refractivity contribution in [3.8, 4) is 0 Å². The van der Waals surface area contributed by atoms with Gasteiger partial charge in [0.05, 0.1) is 11.5 Å². The van der Waals surface area contributed by atoms with Gasteiger partial charge in [-0.1, -0.05) is 18.6 Å². The first-order valence-electron chi connectivity index (χ1n) is 5.98. The van der Waals surface area contributed by atoms with E-state index >= 15 is 0 Å². The summed E-state index contributed by atoms with van der Waals surface area (Å²) in [5.74, 6) is 0.654. The summed E-state index contributed by atoms with van der Waals surface area (Å²) in [4.78, 5) is 19.2. The van der Waals surface area contributed by atoms with E-state index in [-0.39, 0.29) is 10.6 Å². The lowest BCUT2D eigenvalue weighted by atomic mass is 9.80. The maximum atomic E-state index is 10.4. The summed E-state index contributed by atoms with van der Waals surface area (Å²) in [5, 5.41) is 10.4. The van der Waals surface area contributed by atoms with E-state index in [2.05, 4.69) is 4.74 Å². The molecule has 0 amide bonds. The second kappa shape index (κ2) is 7.42. The number of hydrogen-bond acceptors (Lipinski definition) is 4. The van der Waals surface area contributed by atoms with Gasteiger partial charge in [-0.2, -0.15) is 0 Å². The van der Waals surface area contributed by atoms with Crippen molar-refractivity contribution in [1.29, 1.82) is 0 Å². The predicted octanol–water partition coefficient (Wildman–Crippen LogP) is 3.04. The van der Waals surface area contributed by atoms with E-state index in [0.717, 1.165) is 0 Å². The summed E-state index contributed by atoms with van der Waals surface area (Å²) < 4.78 is 4.15. The maximum Gasteiger partial charge on any atom is 0.293 e. The Bertz CT molecular complexity index is 384. The molecular weight excluding hydrogens is 234 g/mol. The highest BCUT2D eigenvalue weighted by Crippen LogP contribution is 2.36. The molecule has 0 heterocycles. The molecule has 98 valence electrons. The molecule has 5 heteroatoms. The van der Waals surface area contributed by atoms with E-state index in [0.29, 0.717) is 19.0 Å². The monoisotopic (exact) mass is 251 g/mol. The number of hydrogen-bond donors (Lipinski definition) is 0. The third kappa shape index (κ3) is 4.16. The molecule has 0 bridgehead atoms. The van der Waals surface area contributed by atoms with Gasteiger partial charge in [-0.25, -0.2) is 0 Å². The fourth-order valence-electron chi connectivity index (χ4n) is 1.68. The number of nitro groups is 1. The molecule has 0 N–H and O–H groups in total. The van der Waals surface area contributed by atoms with Gasteiger partial charge < -0.3 is 4.74 Å². The summed E-state index contributed by atoms with van der Waals surface area (Å²) in [7, 11) is 0. The highest BCUT2D eigenvalue weighted by Gasteiger charge is 2.19. The molecule has 1 aliphatic carbocycles. The molecule has 1 fully saturated rings. The van der Waals surface area contributed by atoms with Gasteiger partial charge in [0.2, 0.25) is 0 Å². The smallest absolute Gasteiger partial charge is 0.293 e. The first-order valence-corrected chi connectivity index (χ1v) is 5.98. The van der Waals surface area contributed by atoms with Crippen LogP contribution in [0.5, 0.6) is 0 Å². The lowest BCUT2D eigenvalue weighted by Gasteiger charge is -2.25. The van der Waals surface area contributed by atoms with Crippen molar-refractivity contribution in [3.05, 3.63) is 39.9 Å². The van der Waals surface area contributed by atoms with Gasteiger partial charge in [-0.3, -0.25) is 14.9 Å². The van der Waals surface area contributed by atoms with Gasteiger partial charge in [0, 0.05) is 12.1 Å². The third-order valence-corrected chi connectivity index (χ3v) is 2.92. The van der Waals surface area contributed by atoms with Crippen LogP contribution in [-0.2, 0) is 9.53 Å². The molecule has 1 aromatic carbocycles. The largest absolute Gasteiger partial charge is 0.468 e. The van der Waals surface area contributed by atoms with E-state index < -0.39 is 0 Å². The highest BCUT2D eigenvalue weighted by atomic mass is 16.6. The average molecular weight is 251 g/mol. The van der Waals surface area contributed by atoms with Crippen LogP contribution in [0.25, 0.3) is 0 Å². The van der Waals surface area contributed by atoms with Crippen LogP contribution in [-0.4, -0.2) is 18.0 Å². The van der Waals surface area contributed by atoms with Crippen molar-refractivity contribution in [2.45, 2.75) is 32.1 Å². The topological polar surface area (TPSA) is 69.4 Å². The van der Waals surface area contributed by atoms with E-state index in [4.69, 9.17) is 0 Å². The van der Waals surface area contributed by atoms with Gasteiger partial charge in [0.15, 0.2) is 0 Å². The molecule has 0 atom stereocenters. The lowest BCUT2D eigenvalue weighted by Crippen LogP contribution is -2.08. The quantitative estimate of drug-likeness (QED) is 0.468. The zero-order valence-corrected chi connectivity index (χ0v) is 10.4. The normalized spacial score (nSPS) is 13.8. The zero-order chi connectivity index (χ0) is 13.4. The third-order valence-electron chi connectivity index (χ3n) is 2.92. The van der Waals surface area contributed by atoms with Gasteiger partial charge in [0.25, 0.3) is 12.2 Å². The van der Waals surface area contributed by atoms with Gasteiger partial charge in [-0.15, -0.1) is 0 Å². The summed E-state index contributed by atoms with van der Waals surface area (Å²) in [6, 6.07) is 6.94. The predicted molar refractivity (Wildman–Crippen MR) is 67.4 cm³/mol. The summed E-state index contributed by atoms with van der Waals surface area (Å²) in [6.45, 7) is 2.66. The molecule has 0 saturated heterocycles. The molecule has 2 rings (SSSR count). The number of benzene rings is 1. The summed E-state index contributed by atoms with van der Waals surface area (Å²) in [6.07, 6.45) is 3.76. The number of carbonyl (C=O) groups excluding carboxylic acids is 1. The molecule has 0 unspecified atom stereocenters. The van der Waals surface area contributed by atoms with Crippen molar-refractivity contribution in [1.82, 2.24) is 0 Å². The van der Waals surface area contributed by atoms with E-state index in [9.17, 15) is 14.9 Å². The Balaban J connectivity index is 0.000000280. The standard InChI is InChI=1S/C10H11NO2.C3H6O2/c12-11(13)10-6-4-9(5-7-10)8-2-1-3-8;1-2-5-3-4/h4-8H,1-3H2;3H,2H2,1H3. The van der Waals surface area contributed by atoms with Crippen molar-refractivity contribution < 1.29 is 14.5 Å². The van der Waals surface area contributed by atoms with Gasteiger partial charge in [-0.05, 0) is 31.2 Å². The first-order chi connectivity index (χ1) is 8.69. The number of ether oxygens (including phenoxy) is 1. The molecule has 18 heavy (non-hydrogen) atoms. The second-order valence-corrected chi connectivity index (χ2v) is 4.03. The van der Waals surface area contributed by atoms with Crippen LogP contribution in [0.1, 0.15) is 37.7 Å². The lowest BCUT2D eigenvalue weighted by molar-refractivity contribution is -0.384. The molecule has 1 aromatic rings. The average Bonchev–Trinajstić information content (AvgIpc) is 2.29. The minimum absolute atomic E-state index is 0.183. The van der Waals surface area contributed by atoms with Crippen molar-refractivity contribution in [2.24, 2.45) is 0 Å². The molecule has 1 saturated carbocycles. The molecule has 0 radical (unpaired) electrons.